The molecule has 18 heavy (non-hydrogen) atoms. The molecule has 1 heterocycles. The highest BCUT2D eigenvalue weighted by atomic mass is 35.5. The molecule has 1 aliphatic rings. The summed E-state index contributed by atoms with van der Waals surface area (Å²) in [4.78, 5) is 13.7. The van der Waals surface area contributed by atoms with E-state index in [2.05, 4.69) is 6.07 Å². The van der Waals surface area contributed by atoms with E-state index in [4.69, 9.17) is 15.7 Å². The number of carbonyl (C=O) groups excluding carboxylic acids is 1. The van der Waals surface area contributed by atoms with E-state index in [1.165, 1.54) is 0 Å². The second-order valence-corrected chi connectivity index (χ2v) is 4.64. The number of methoxy groups -OCH3 is 1. The average Bonchev–Trinajstić information content (AvgIpc) is 2.79. The van der Waals surface area contributed by atoms with Crippen molar-refractivity contribution in [1.82, 2.24) is 4.90 Å². The Morgan fingerprint density at radius 2 is 2.28 bits per heavy atom. The van der Waals surface area contributed by atoms with E-state index in [1.807, 2.05) is 13.8 Å². The van der Waals surface area contributed by atoms with E-state index in [-0.39, 0.29) is 30.3 Å². The number of nitriles is 1. The van der Waals surface area contributed by atoms with Crippen molar-refractivity contribution in [2.45, 2.75) is 44.9 Å². The second-order valence-electron chi connectivity index (χ2n) is 4.64. The lowest BCUT2D eigenvalue weighted by Gasteiger charge is -2.26. The van der Waals surface area contributed by atoms with E-state index in [0.717, 1.165) is 6.42 Å². The highest BCUT2D eigenvalue weighted by molar-refractivity contribution is 5.85. The van der Waals surface area contributed by atoms with Crippen LogP contribution in [-0.4, -0.2) is 42.6 Å². The van der Waals surface area contributed by atoms with Crippen LogP contribution in [0.5, 0.6) is 0 Å². The zero-order valence-electron chi connectivity index (χ0n) is 11.1. The number of nitrogens with zero attached hydrogens (tertiary/aromatic N) is 2. The Labute approximate surface area is 115 Å². The summed E-state index contributed by atoms with van der Waals surface area (Å²) in [5.74, 6) is -0.00566. The second kappa shape index (κ2) is 7.57. The third kappa shape index (κ3) is 3.58. The Balaban J connectivity index is 0.00000289. The molecule has 6 heteroatoms. The fourth-order valence-corrected chi connectivity index (χ4v) is 2.02. The zero-order chi connectivity index (χ0) is 13.0. The number of halogens is 1. The highest BCUT2D eigenvalue weighted by Gasteiger charge is 2.38. The summed E-state index contributed by atoms with van der Waals surface area (Å²) in [6.07, 6.45) is 1.38. The first-order valence-electron chi connectivity index (χ1n) is 6.03. The molecule has 0 aromatic carbocycles. The van der Waals surface area contributed by atoms with E-state index >= 15 is 0 Å². The Bertz CT molecular complexity index is 319. The van der Waals surface area contributed by atoms with Crippen molar-refractivity contribution < 1.29 is 9.53 Å². The topological polar surface area (TPSA) is 79.3 Å². The predicted octanol–water partition coefficient (Wildman–Crippen LogP) is 0.921. The van der Waals surface area contributed by atoms with Crippen LogP contribution in [0.25, 0.3) is 0 Å². The number of hydrogen-bond donors (Lipinski definition) is 1. The van der Waals surface area contributed by atoms with Gasteiger partial charge >= 0.3 is 0 Å². The summed E-state index contributed by atoms with van der Waals surface area (Å²) in [6.45, 7) is 4.42. The van der Waals surface area contributed by atoms with Crippen LogP contribution in [0.4, 0.5) is 0 Å². The van der Waals surface area contributed by atoms with Gasteiger partial charge in [-0.15, -0.1) is 12.4 Å². The summed E-state index contributed by atoms with van der Waals surface area (Å²) in [7, 11) is 1.60. The molecule has 0 aliphatic carbocycles. The minimum Gasteiger partial charge on any atom is -0.379 e. The lowest BCUT2D eigenvalue weighted by Crippen LogP contribution is -2.48. The minimum absolute atomic E-state index is 0. The molecule has 4 atom stereocenters. The van der Waals surface area contributed by atoms with Gasteiger partial charge < -0.3 is 15.4 Å². The van der Waals surface area contributed by atoms with Gasteiger partial charge in [-0.2, -0.15) is 5.26 Å². The van der Waals surface area contributed by atoms with Gasteiger partial charge in [0.25, 0.3) is 0 Å². The Kier molecular flexibility index (Phi) is 7.22. The molecule has 0 saturated carbocycles. The fraction of sp³-hybridized carbons (Fsp3) is 0.833. The van der Waals surface area contributed by atoms with Gasteiger partial charge in [0.15, 0.2) is 0 Å². The predicted molar refractivity (Wildman–Crippen MR) is 71.2 cm³/mol. The summed E-state index contributed by atoms with van der Waals surface area (Å²) in [6, 6.07) is 1.22. The fourth-order valence-electron chi connectivity index (χ4n) is 2.02. The number of rotatable bonds is 4. The molecule has 0 aromatic heterocycles. The van der Waals surface area contributed by atoms with Crippen LogP contribution in [0, 0.1) is 17.2 Å². The molecule has 0 unspecified atom stereocenters. The van der Waals surface area contributed by atoms with Crippen LogP contribution in [0.2, 0.25) is 0 Å². The lowest BCUT2D eigenvalue weighted by molar-refractivity contribution is -0.134. The minimum atomic E-state index is -0.522. The molecule has 1 rings (SSSR count). The molecule has 5 nitrogen and oxygen atoms in total. The maximum absolute atomic E-state index is 12.2. The van der Waals surface area contributed by atoms with Crippen LogP contribution < -0.4 is 5.73 Å². The van der Waals surface area contributed by atoms with Crippen LogP contribution in [-0.2, 0) is 9.53 Å². The van der Waals surface area contributed by atoms with Crippen LogP contribution in [0.1, 0.15) is 26.7 Å². The monoisotopic (exact) mass is 275 g/mol. The number of hydrogen-bond acceptors (Lipinski definition) is 4. The normalized spacial score (nSPS) is 26.1. The van der Waals surface area contributed by atoms with Crippen molar-refractivity contribution in [1.29, 1.82) is 5.26 Å². The van der Waals surface area contributed by atoms with Crippen molar-refractivity contribution in [2.75, 3.05) is 13.7 Å². The molecule has 0 aromatic rings. The number of carbonyl (C=O) groups is 1. The van der Waals surface area contributed by atoms with Crippen LogP contribution >= 0.6 is 12.4 Å². The van der Waals surface area contributed by atoms with Gasteiger partial charge in [-0.1, -0.05) is 20.3 Å². The van der Waals surface area contributed by atoms with Crippen LogP contribution in [0.15, 0.2) is 0 Å². The number of ether oxygens (including phenoxy) is 1. The first-order valence-corrected chi connectivity index (χ1v) is 6.03. The molecular formula is C12H22ClN3O2. The maximum Gasteiger partial charge on any atom is 0.240 e. The number of nitrogens with two attached hydrogens (primary N) is 1. The van der Waals surface area contributed by atoms with Crippen molar-refractivity contribution in [3.05, 3.63) is 0 Å². The third-order valence-electron chi connectivity index (χ3n) is 3.57. The summed E-state index contributed by atoms with van der Waals surface area (Å²) >= 11 is 0. The Morgan fingerprint density at radius 1 is 1.67 bits per heavy atom. The largest absolute Gasteiger partial charge is 0.379 e. The maximum atomic E-state index is 12.2. The first kappa shape index (κ1) is 17.2. The first-order chi connectivity index (χ1) is 8.04. The molecule has 0 radical (unpaired) electrons. The summed E-state index contributed by atoms with van der Waals surface area (Å²) in [5.41, 5.74) is 5.91. The molecule has 104 valence electrons. The van der Waals surface area contributed by atoms with Crippen molar-refractivity contribution >= 4 is 18.3 Å². The van der Waals surface area contributed by atoms with Gasteiger partial charge in [0.1, 0.15) is 6.04 Å². The standard InChI is InChI=1S/C12H21N3O2.ClH/c1-4-8(2)11(14)12(16)15-7-10(17-3)5-9(15)6-13;/h8-11H,4-5,7,14H2,1-3H3;1H/t8-,9-,10+,11-;/m0./s1. The van der Waals surface area contributed by atoms with Gasteiger partial charge in [0.05, 0.1) is 18.2 Å². The molecule has 0 bridgehead atoms. The lowest BCUT2D eigenvalue weighted by atomic mass is 9.99. The molecule has 1 aliphatic heterocycles. The molecule has 1 amide bonds. The highest BCUT2D eigenvalue weighted by Crippen LogP contribution is 2.21. The summed E-state index contributed by atoms with van der Waals surface area (Å²) < 4.78 is 5.20. The van der Waals surface area contributed by atoms with Gasteiger partial charge in [-0.3, -0.25) is 4.79 Å². The van der Waals surface area contributed by atoms with E-state index in [0.29, 0.717) is 13.0 Å². The van der Waals surface area contributed by atoms with Gasteiger partial charge in [0, 0.05) is 20.1 Å². The SMILES string of the molecule is CC[C@H](C)[C@H](N)C(=O)N1C[C@H](OC)C[C@H]1C#N.Cl. The molecule has 1 fully saturated rings. The van der Waals surface area contributed by atoms with E-state index in [9.17, 15) is 4.79 Å². The molecule has 2 N–H and O–H groups in total. The molecular weight excluding hydrogens is 254 g/mol. The molecule has 1 saturated heterocycles. The Morgan fingerprint density at radius 3 is 2.72 bits per heavy atom. The quantitative estimate of drug-likeness (QED) is 0.827. The summed E-state index contributed by atoms with van der Waals surface area (Å²) in [5, 5.41) is 9.04. The van der Waals surface area contributed by atoms with E-state index in [1.54, 1.807) is 12.0 Å². The molecule has 0 spiro atoms. The van der Waals surface area contributed by atoms with Gasteiger partial charge in [-0.05, 0) is 5.92 Å². The zero-order valence-corrected chi connectivity index (χ0v) is 11.9. The van der Waals surface area contributed by atoms with Crippen LogP contribution in [0.3, 0.4) is 0 Å². The van der Waals surface area contributed by atoms with E-state index < -0.39 is 12.1 Å². The average molecular weight is 276 g/mol. The number of amides is 1. The van der Waals surface area contributed by atoms with Crippen molar-refractivity contribution in [2.24, 2.45) is 11.7 Å². The van der Waals surface area contributed by atoms with Gasteiger partial charge in [0.2, 0.25) is 5.91 Å². The van der Waals surface area contributed by atoms with Crippen molar-refractivity contribution in [3.63, 3.8) is 0 Å². The third-order valence-corrected chi connectivity index (χ3v) is 3.57. The van der Waals surface area contributed by atoms with Gasteiger partial charge in [-0.25, -0.2) is 0 Å². The Hall–Kier alpha value is -0.830. The number of likely N-dealkylation sites (tertiary alicyclic amines) is 1. The van der Waals surface area contributed by atoms with Crippen molar-refractivity contribution in [3.8, 4) is 6.07 Å². The smallest absolute Gasteiger partial charge is 0.240 e.